The number of nitrogens with zero attached hydrogens (tertiary/aromatic N) is 1. The SMILES string of the molecule is CCC(C)N(C)S(=O)(=O)c1cc(CO)cc(C)c1C. The van der Waals surface area contributed by atoms with Crippen LogP contribution in [-0.4, -0.2) is 30.9 Å². The fourth-order valence-electron chi connectivity index (χ4n) is 1.91. The first-order valence-corrected chi connectivity index (χ1v) is 7.88. The maximum Gasteiger partial charge on any atom is 0.243 e. The Labute approximate surface area is 116 Å². The van der Waals surface area contributed by atoms with E-state index in [1.807, 2.05) is 26.8 Å². The lowest BCUT2D eigenvalue weighted by atomic mass is 10.1. The Morgan fingerprint density at radius 1 is 1.32 bits per heavy atom. The van der Waals surface area contributed by atoms with Crippen molar-refractivity contribution in [1.29, 1.82) is 0 Å². The van der Waals surface area contributed by atoms with Gasteiger partial charge < -0.3 is 5.11 Å². The smallest absolute Gasteiger partial charge is 0.243 e. The Bertz CT molecular complexity index is 552. The van der Waals surface area contributed by atoms with Crippen LogP contribution in [0.1, 0.15) is 37.0 Å². The number of aliphatic hydroxyl groups is 1. The number of hydrogen-bond acceptors (Lipinski definition) is 3. The van der Waals surface area contributed by atoms with Crippen molar-refractivity contribution in [1.82, 2.24) is 4.31 Å². The van der Waals surface area contributed by atoms with Crippen LogP contribution in [-0.2, 0) is 16.6 Å². The maximum absolute atomic E-state index is 12.6. The first-order valence-electron chi connectivity index (χ1n) is 6.44. The van der Waals surface area contributed by atoms with Gasteiger partial charge in [-0.05, 0) is 49.9 Å². The summed E-state index contributed by atoms with van der Waals surface area (Å²) in [5.41, 5.74) is 2.24. The van der Waals surface area contributed by atoms with Crippen molar-refractivity contribution >= 4 is 10.0 Å². The summed E-state index contributed by atoms with van der Waals surface area (Å²) in [7, 11) is -1.91. The van der Waals surface area contributed by atoms with Gasteiger partial charge in [-0.25, -0.2) is 8.42 Å². The normalized spacial score (nSPS) is 13.8. The molecule has 1 rings (SSSR count). The van der Waals surface area contributed by atoms with Crippen LogP contribution in [0.15, 0.2) is 17.0 Å². The minimum atomic E-state index is -3.51. The van der Waals surface area contributed by atoms with E-state index in [1.54, 1.807) is 20.0 Å². The lowest BCUT2D eigenvalue weighted by Gasteiger charge is -2.24. The van der Waals surface area contributed by atoms with E-state index in [0.717, 1.165) is 17.5 Å². The van der Waals surface area contributed by atoms with Crippen LogP contribution in [0.4, 0.5) is 0 Å². The molecule has 0 heterocycles. The van der Waals surface area contributed by atoms with Crippen molar-refractivity contribution in [2.75, 3.05) is 7.05 Å². The molecule has 0 fully saturated rings. The first kappa shape index (κ1) is 16.1. The zero-order chi connectivity index (χ0) is 14.8. The molecule has 1 aromatic rings. The molecule has 1 unspecified atom stereocenters. The molecule has 0 bridgehead atoms. The van der Waals surface area contributed by atoms with E-state index in [9.17, 15) is 13.5 Å². The van der Waals surface area contributed by atoms with Gasteiger partial charge in [-0.1, -0.05) is 13.0 Å². The Morgan fingerprint density at radius 3 is 2.37 bits per heavy atom. The van der Waals surface area contributed by atoms with Crippen molar-refractivity contribution in [3.63, 3.8) is 0 Å². The molecule has 0 saturated carbocycles. The highest BCUT2D eigenvalue weighted by atomic mass is 32.2. The van der Waals surface area contributed by atoms with E-state index < -0.39 is 10.0 Å². The molecule has 0 aliphatic heterocycles. The third-order valence-corrected chi connectivity index (χ3v) is 5.83. The summed E-state index contributed by atoms with van der Waals surface area (Å²) in [6.07, 6.45) is 0.757. The summed E-state index contributed by atoms with van der Waals surface area (Å²) >= 11 is 0. The van der Waals surface area contributed by atoms with Gasteiger partial charge >= 0.3 is 0 Å². The van der Waals surface area contributed by atoms with Crippen molar-refractivity contribution < 1.29 is 13.5 Å². The van der Waals surface area contributed by atoms with E-state index >= 15 is 0 Å². The van der Waals surface area contributed by atoms with E-state index in [4.69, 9.17) is 0 Å². The lowest BCUT2D eigenvalue weighted by Crippen LogP contribution is -2.35. The fourth-order valence-corrected chi connectivity index (χ4v) is 3.69. The molecular weight excluding hydrogens is 262 g/mol. The third kappa shape index (κ3) is 3.16. The number of benzene rings is 1. The number of sulfonamides is 1. The van der Waals surface area contributed by atoms with Gasteiger partial charge in [-0.2, -0.15) is 4.31 Å². The van der Waals surface area contributed by atoms with Crippen LogP contribution in [0.2, 0.25) is 0 Å². The molecule has 19 heavy (non-hydrogen) atoms. The number of aryl methyl sites for hydroxylation is 1. The van der Waals surface area contributed by atoms with Gasteiger partial charge in [0, 0.05) is 13.1 Å². The molecule has 5 heteroatoms. The van der Waals surface area contributed by atoms with Gasteiger partial charge in [0.2, 0.25) is 10.0 Å². The first-order chi connectivity index (χ1) is 8.75. The topological polar surface area (TPSA) is 57.6 Å². The second kappa shape index (κ2) is 6.03. The summed E-state index contributed by atoms with van der Waals surface area (Å²) in [4.78, 5) is 0.291. The summed E-state index contributed by atoms with van der Waals surface area (Å²) in [6, 6.07) is 3.33. The standard InChI is InChI=1S/C14H23NO3S/c1-6-11(3)15(5)19(17,18)14-8-13(9-16)7-10(2)12(14)4/h7-8,11,16H,6,9H2,1-5H3. The minimum Gasteiger partial charge on any atom is -0.392 e. The molecule has 0 aliphatic carbocycles. The molecule has 1 atom stereocenters. The molecule has 4 nitrogen and oxygen atoms in total. The van der Waals surface area contributed by atoms with Crippen LogP contribution in [0.5, 0.6) is 0 Å². The zero-order valence-corrected chi connectivity index (χ0v) is 13.1. The Kier molecular flexibility index (Phi) is 5.12. The molecular formula is C14H23NO3S. The predicted octanol–water partition coefficient (Wildman–Crippen LogP) is 2.21. The summed E-state index contributed by atoms with van der Waals surface area (Å²) in [6.45, 7) is 7.34. The lowest BCUT2D eigenvalue weighted by molar-refractivity contribution is 0.281. The predicted molar refractivity (Wildman–Crippen MR) is 76.5 cm³/mol. The molecule has 0 amide bonds. The van der Waals surface area contributed by atoms with E-state index in [0.29, 0.717) is 10.5 Å². The van der Waals surface area contributed by atoms with Crippen LogP contribution < -0.4 is 0 Å². The average Bonchev–Trinajstić information content (AvgIpc) is 2.39. The van der Waals surface area contributed by atoms with Crippen LogP contribution >= 0.6 is 0 Å². The molecule has 108 valence electrons. The second-order valence-corrected chi connectivity index (χ2v) is 6.94. The van der Waals surface area contributed by atoms with E-state index in [1.165, 1.54) is 4.31 Å². The Hall–Kier alpha value is -0.910. The average molecular weight is 285 g/mol. The largest absolute Gasteiger partial charge is 0.392 e. The van der Waals surface area contributed by atoms with Crippen molar-refractivity contribution in [2.45, 2.75) is 51.7 Å². The number of aliphatic hydroxyl groups excluding tert-OH is 1. The minimum absolute atomic E-state index is 0.0533. The number of rotatable bonds is 5. The third-order valence-electron chi connectivity index (χ3n) is 3.73. The van der Waals surface area contributed by atoms with Gasteiger partial charge in [0.05, 0.1) is 11.5 Å². The van der Waals surface area contributed by atoms with Crippen molar-refractivity contribution in [3.8, 4) is 0 Å². The molecule has 1 aromatic carbocycles. The van der Waals surface area contributed by atoms with Gasteiger partial charge in [0.1, 0.15) is 0 Å². The Balaban J connectivity index is 3.40. The zero-order valence-electron chi connectivity index (χ0n) is 12.3. The van der Waals surface area contributed by atoms with Gasteiger partial charge in [0.15, 0.2) is 0 Å². The van der Waals surface area contributed by atoms with Crippen LogP contribution in [0.25, 0.3) is 0 Å². The molecule has 0 radical (unpaired) electrons. The van der Waals surface area contributed by atoms with Crippen molar-refractivity contribution in [3.05, 3.63) is 28.8 Å². The second-order valence-electron chi connectivity index (χ2n) is 4.97. The molecule has 0 saturated heterocycles. The number of hydrogen-bond donors (Lipinski definition) is 1. The monoisotopic (exact) mass is 285 g/mol. The fraction of sp³-hybridized carbons (Fsp3) is 0.571. The molecule has 0 aliphatic rings. The van der Waals surface area contributed by atoms with Gasteiger partial charge in [-0.15, -0.1) is 0 Å². The highest BCUT2D eigenvalue weighted by Gasteiger charge is 2.26. The van der Waals surface area contributed by atoms with Gasteiger partial charge in [0.25, 0.3) is 0 Å². The summed E-state index contributed by atoms with van der Waals surface area (Å²) < 4.78 is 26.6. The molecule has 1 N–H and O–H groups in total. The highest BCUT2D eigenvalue weighted by molar-refractivity contribution is 7.89. The highest BCUT2D eigenvalue weighted by Crippen LogP contribution is 2.25. The molecule has 0 aromatic heterocycles. The van der Waals surface area contributed by atoms with E-state index in [-0.39, 0.29) is 12.6 Å². The van der Waals surface area contributed by atoms with E-state index in [2.05, 4.69) is 0 Å². The van der Waals surface area contributed by atoms with Gasteiger partial charge in [-0.3, -0.25) is 0 Å². The van der Waals surface area contributed by atoms with Crippen LogP contribution in [0.3, 0.4) is 0 Å². The van der Waals surface area contributed by atoms with Crippen LogP contribution in [0, 0.1) is 13.8 Å². The molecule has 0 spiro atoms. The summed E-state index contributed by atoms with van der Waals surface area (Å²) in [5.74, 6) is 0. The summed E-state index contributed by atoms with van der Waals surface area (Å²) in [5, 5.41) is 9.23. The maximum atomic E-state index is 12.6. The Morgan fingerprint density at radius 2 is 1.89 bits per heavy atom. The quantitative estimate of drug-likeness (QED) is 0.902. The van der Waals surface area contributed by atoms with Crippen molar-refractivity contribution in [2.24, 2.45) is 0 Å².